The molecule has 0 unspecified atom stereocenters. The van der Waals surface area contributed by atoms with Crippen molar-refractivity contribution in [1.82, 2.24) is 19.6 Å². The first-order chi connectivity index (χ1) is 9.38. The van der Waals surface area contributed by atoms with Gasteiger partial charge in [0.1, 0.15) is 0 Å². The molecule has 0 fully saturated rings. The third-order valence-corrected chi connectivity index (χ3v) is 3.65. The van der Waals surface area contributed by atoms with E-state index in [-0.39, 0.29) is 6.61 Å². The van der Waals surface area contributed by atoms with Gasteiger partial charge in [-0.1, -0.05) is 11.3 Å². The van der Waals surface area contributed by atoms with Crippen molar-refractivity contribution < 1.29 is 5.11 Å². The Morgan fingerprint density at radius 3 is 3.05 bits per heavy atom. The molecular formula is C12H13N5OS. The normalized spacial score (nSPS) is 11.0. The molecule has 0 saturated carbocycles. The summed E-state index contributed by atoms with van der Waals surface area (Å²) in [5, 5.41) is 14.4. The number of aliphatic hydroxyl groups is 1. The summed E-state index contributed by atoms with van der Waals surface area (Å²) in [4.78, 5) is 11.3. The van der Waals surface area contributed by atoms with Crippen molar-refractivity contribution >= 4 is 27.1 Å². The Bertz CT molecular complexity index is 622. The van der Waals surface area contributed by atoms with Gasteiger partial charge in [-0.25, -0.2) is 9.50 Å². The second-order valence-electron chi connectivity index (χ2n) is 3.98. The van der Waals surface area contributed by atoms with Crippen LogP contribution in [0.4, 0.5) is 10.8 Å². The Morgan fingerprint density at radius 2 is 2.32 bits per heavy atom. The fourth-order valence-corrected chi connectivity index (χ4v) is 2.72. The summed E-state index contributed by atoms with van der Waals surface area (Å²) in [6, 6.07) is 3.87. The van der Waals surface area contributed by atoms with Crippen LogP contribution >= 0.6 is 11.3 Å². The van der Waals surface area contributed by atoms with E-state index in [9.17, 15) is 0 Å². The highest BCUT2D eigenvalue weighted by Gasteiger charge is 2.14. The number of nitrogens with zero attached hydrogens (tertiary/aromatic N) is 5. The summed E-state index contributed by atoms with van der Waals surface area (Å²) < 4.78 is 1.75. The third kappa shape index (κ3) is 2.42. The second kappa shape index (κ2) is 5.33. The summed E-state index contributed by atoms with van der Waals surface area (Å²) in [7, 11) is 0. The van der Waals surface area contributed by atoms with Crippen molar-refractivity contribution in [1.29, 1.82) is 0 Å². The van der Waals surface area contributed by atoms with Crippen molar-refractivity contribution in [2.75, 3.05) is 18.1 Å². The number of fused-ring (bicyclic) bond motifs is 1. The zero-order chi connectivity index (χ0) is 13.1. The second-order valence-corrected chi connectivity index (χ2v) is 4.91. The molecule has 0 amide bonds. The van der Waals surface area contributed by atoms with Crippen LogP contribution in [0.3, 0.4) is 0 Å². The van der Waals surface area contributed by atoms with Gasteiger partial charge >= 0.3 is 0 Å². The van der Waals surface area contributed by atoms with Crippen LogP contribution in [0.5, 0.6) is 0 Å². The largest absolute Gasteiger partial charge is 0.396 e. The van der Waals surface area contributed by atoms with Crippen LogP contribution in [-0.2, 0) is 0 Å². The monoisotopic (exact) mass is 275 g/mol. The van der Waals surface area contributed by atoms with E-state index in [4.69, 9.17) is 5.11 Å². The predicted molar refractivity (Wildman–Crippen MR) is 73.8 cm³/mol. The highest BCUT2D eigenvalue weighted by atomic mass is 32.1. The van der Waals surface area contributed by atoms with Crippen LogP contribution in [-0.4, -0.2) is 37.8 Å². The number of imidazole rings is 1. The van der Waals surface area contributed by atoms with Gasteiger partial charge < -0.3 is 10.0 Å². The van der Waals surface area contributed by atoms with E-state index in [2.05, 4.69) is 15.1 Å². The lowest BCUT2D eigenvalue weighted by atomic mass is 10.3. The zero-order valence-electron chi connectivity index (χ0n) is 10.2. The molecule has 3 rings (SSSR count). The van der Waals surface area contributed by atoms with E-state index < -0.39 is 0 Å². The lowest BCUT2D eigenvalue weighted by molar-refractivity contribution is 0.291. The predicted octanol–water partition coefficient (Wildman–Crippen LogP) is 1.71. The van der Waals surface area contributed by atoms with Crippen molar-refractivity contribution in [3.8, 4) is 0 Å². The molecule has 0 spiro atoms. The molecule has 0 atom stereocenters. The first-order valence-electron chi connectivity index (χ1n) is 5.97. The average molecular weight is 275 g/mol. The van der Waals surface area contributed by atoms with Gasteiger partial charge in [0, 0.05) is 25.5 Å². The lowest BCUT2D eigenvalue weighted by Gasteiger charge is -2.20. The van der Waals surface area contributed by atoms with Crippen molar-refractivity contribution in [3.63, 3.8) is 0 Å². The van der Waals surface area contributed by atoms with E-state index in [0.29, 0.717) is 13.0 Å². The van der Waals surface area contributed by atoms with Gasteiger partial charge in [-0.3, -0.25) is 4.98 Å². The van der Waals surface area contributed by atoms with Crippen LogP contribution in [0, 0.1) is 0 Å². The number of pyridine rings is 1. The molecule has 0 radical (unpaired) electrons. The molecule has 7 heteroatoms. The van der Waals surface area contributed by atoms with Crippen LogP contribution in [0.1, 0.15) is 6.42 Å². The van der Waals surface area contributed by atoms with Gasteiger partial charge in [0.05, 0.1) is 18.1 Å². The van der Waals surface area contributed by atoms with E-state index in [1.54, 1.807) is 23.1 Å². The molecule has 19 heavy (non-hydrogen) atoms. The molecule has 0 saturated heterocycles. The van der Waals surface area contributed by atoms with Gasteiger partial charge in [-0.2, -0.15) is 0 Å². The molecular weight excluding hydrogens is 262 g/mol. The summed E-state index contributed by atoms with van der Waals surface area (Å²) in [6.45, 7) is 0.845. The van der Waals surface area contributed by atoms with Crippen LogP contribution in [0.2, 0.25) is 0 Å². The summed E-state index contributed by atoms with van der Waals surface area (Å²) in [5.74, 6) is 0. The minimum Gasteiger partial charge on any atom is -0.396 e. The van der Waals surface area contributed by atoms with E-state index in [0.717, 1.165) is 15.8 Å². The Kier molecular flexibility index (Phi) is 3.39. The molecule has 0 aliphatic heterocycles. The van der Waals surface area contributed by atoms with Gasteiger partial charge in [-0.15, -0.1) is 5.10 Å². The SMILES string of the molecule is OCCCN(c1cccnc1)c1nn2ccnc2s1. The Morgan fingerprint density at radius 1 is 1.37 bits per heavy atom. The molecule has 0 aliphatic carbocycles. The summed E-state index contributed by atoms with van der Waals surface area (Å²) >= 11 is 1.51. The number of anilines is 2. The van der Waals surface area contributed by atoms with Crippen LogP contribution in [0.25, 0.3) is 4.96 Å². The molecule has 3 heterocycles. The molecule has 0 aromatic carbocycles. The number of hydrogen-bond donors (Lipinski definition) is 1. The molecule has 3 aromatic rings. The van der Waals surface area contributed by atoms with Gasteiger partial charge in [0.2, 0.25) is 10.1 Å². The number of rotatable bonds is 5. The molecule has 98 valence electrons. The Labute approximate surface area is 114 Å². The summed E-state index contributed by atoms with van der Waals surface area (Å²) in [6.07, 6.45) is 7.76. The maximum Gasteiger partial charge on any atom is 0.213 e. The van der Waals surface area contributed by atoms with Crippen molar-refractivity contribution in [2.45, 2.75) is 6.42 Å². The van der Waals surface area contributed by atoms with Gasteiger partial charge in [0.25, 0.3) is 0 Å². The molecule has 3 aromatic heterocycles. The molecule has 0 aliphatic rings. The zero-order valence-corrected chi connectivity index (χ0v) is 11.0. The first-order valence-corrected chi connectivity index (χ1v) is 6.79. The van der Waals surface area contributed by atoms with Crippen molar-refractivity contribution in [2.24, 2.45) is 0 Å². The maximum atomic E-state index is 9.03. The quantitative estimate of drug-likeness (QED) is 0.767. The standard InChI is InChI=1S/C12H13N5OS/c18-8-2-6-16(10-3-1-4-13-9-10)12-15-17-7-5-14-11(17)19-12/h1,3-5,7,9,18H,2,6,8H2. The van der Waals surface area contributed by atoms with Gasteiger partial charge in [-0.05, 0) is 18.6 Å². The van der Waals surface area contributed by atoms with E-state index >= 15 is 0 Å². The third-order valence-electron chi connectivity index (χ3n) is 2.69. The smallest absolute Gasteiger partial charge is 0.213 e. The fourth-order valence-electron chi connectivity index (χ4n) is 1.81. The minimum absolute atomic E-state index is 0.152. The summed E-state index contributed by atoms with van der Waals surface area (Å²) in [5.41, 5.74) is 0.966. The Balaban J connectivity index is 1.96. The maximum absolute atomic E-state index is 9.03. The highest BCUT2D eigenvalue weighted by molar-refractivity contribution is 7.20. The number of aromatic nitrogens is 4. The highest BCUT2D eigenvalue weighted by Crippen LogP contribution is 2.28. The lowest BCUT2D eigenvalue weighted by Crippen LogP contribution is -2.19. The van der Waals surface area contributed by atoms with E-state index in [1.165, 1.54) is 11.3 Å². The van der Waals surface area contributed by atoms with Crippen LogP contribution < -0.4 is 4.90 Å². The Hall–Kier alpha value is -1.99. The molecule has 6 nitrogen and oxygen atoms in total. The molecule has 1 N–H and O–H groups in total. The topological polar surface area (TPSA) is 66.5 Å². The fraction of sp³-hybridized carbons (Fsp3) is 0.250. The van der Waals surface area contributed by atoms with E-state index in [1.807, 2.05) is 23.2 Å². The number of aliphatic hydroxyl groups excluding tert-OH is 1. The molecule has 0 bridgehead atoms. The van der Waals surface area contributed by atoms with Crippen molar-refractivity contribution in [3.05, 3.63) is 36.9 Å². The average Bonchev–Trinajstić information content (AvgIpc) is 3.02. The minimum atomic E-state index is 0.152. The first kappa shape index (κ1) is 12.1. The van der Waals surface area contributed by atoms with Gasteiger partial charge in [0.15, 0.2) is 0 Å². The van der Waals surface area contributed by atoms with Crippen LogP contribution in [0.15, 0.2) is 36.9 Å². The number of hydrogen-bond acceptors (Lipinski definition) is 6.